The Kier molecular flexibility index (Phi) is 7.26. The molecule has 2 aromatic rings. The van der Waals surface area contributed by atoms with Crippen LogP contribution in [-0.4, -0.2) is 28.8 Å². The van der Waals surface area contributed by atoms with Crippen molar-refractivity contribution >= 4 is 23.4 Å². The minimum absolute atomic E-state index is 0.113. The lowest BCUT2D eigenvalue weighted by Gasteiger charge is -2.30. The molecule has 154 valence electrons. The molecule has 0 radical (unpaired) electrons. The molecule has 0 unspecified atom stereocenters. The lowest BCUT2D eigenvalue weighted by Crippen LogP contribution is -2.50. The molecule has 1 N–H and O–H groups in total. The number of carbonyl (C=O) groups is 2. The number of hydrogen-bond acceptors (Lipinski definition) is 2. The molecule has 1 saturated carbocycles. The number of hydrogen-bond donors (Lipinski definition) is 1. The van der Waals surface area contributed by atoms with Gasteiger partial charge in [-0.15, -0.1) is 0 Å². The molecule has 0 saturated heterocycles. The van der Waals surface area contributed by atoms with Crippen LogP contribution < -0.4 is 5.32 Å². The predicted octanol–water partition coefficient (Wildman–Crippen LogP) is 4.50. The van der Waals surface area contributed by atoms with E-state index in [1.807, 2.05) is 18.2 Å². The quantitative estimate of drug-likeness (QED) is 0.722. The highest BCUT2D eigenvalue weighted by Gasteiger charge is 2.29. The van der Waals surface area contributed by atoms with Crippen LogP contribution in [0.25, 0.3) is 0 Å². The lowest BCUT2D eigenvalue weighted by atomic mass is 10.1. The molecule has 0 spiro atoms. The first-order chi connectivity index (χ1) is 14.0. The Bertz CT molecular complexity index is 867. The number of rotatable bonds is 7. The van der Waals surface area contributed by atoms with E-state index >= 15 is 0 Å². The molecule has 2 aromatic carbocycles. The average molecular weight is 417 g/mol. The summed E-state index contributed by atoms with van der Waals surface area (Å²) in [6, 6.07) is 12.9. The van der Waals surface area contributed by atoms with Crippen LogP contribution in [0.5, 0.6) is 0 Å². The summed E-state index contributed by atoms with van der Waals surface area (Å²) in [5, 5.41) is 3.58. The topological polar surface area (TPSA) is 49.4 Å². The second-order valence-electron chi connectivity index (χ2n) is 7.55. The van der Waals surface area contributed by atoms with Gasteiger partial charge in [0, 0.05) is 17.6 Å². The summed E-state index contributed by atoms with van der Waals surface area (Å²) in [5.74, 6) is -0.934. The number of nitrogens with zero attached hydrogens (tertiary/aromatic N) is 1. The highest BCUT2D eigenvalue weighted by Crippen LogP contribution is 2.21. The van der Waals surface area contributed by atoms with Crippen LogP contribution in [-0.2, 0) is 22.6 Å². The number of amides is 2. The van der Waals surface area contributed by atoms with Crippen molar-refractivity contribution in [1.82, 2.24) is 10.2 Å². The zero-order chi connectivity index (χ0) is 20.8. The van der Waals surface area contributed by atoms with E-state index in [4.69, 9.17) is 11.6 Å². The summed E-state index contributed by atoms with van der Waals surface area (Å²) in [6.07, 6.45) is 4.03. The maximum absolute atomic E-state index is 14.1. The molecule has 0 heterocycles. The van der Waals surface area contributed by atoms with Gasteiger partial charge in [-0.05, 0) is 43.0 Å². The number of halogens is 2. The van der Waals surface area contributed by atoms with Gasteiger partial charge in [0.25, 0.3) is 0 Å². The van der Waals surface area contributed by atoms with E-state index in [0.29, 0.717) is 10.6 Å². The number of nitrogens with one attached hydrogen (secondary N) is 1. The van der Waals surface area contributed by atoms with Crippen molar-refractivity contribution in [3.8, 4) is 0 Å². The largest absolute Gasteiger partial charge is 0.352 e. The van der Waals surface area contributed by atoms with Crippen LogP contribution >= 0.6 is 11.6 Å². The number of benzene rings is 2. The van der Waals surface area contributed by atoms with Crippen LogP contribution in [0.15, 0.2) is 48.5 Å². The molecular formula is C23H26ClFN2O2. The second kappa shape index (κ2) is 9.88. The Morgan fingerprint density at radius 3 is 2.38 bits per heavy atom. The zero-order valence-corrected chi connectivity index (χ0v) is 17.3. The van der Waals surface area contributed by atoms with Crippen molar-refractivity contribution < 1.29 is 14.0 Å². The van der Waals surface area contributed by atoms with Crippen molar-refractivity contribution in [2.45, 2.75) is 57.7 Å². The zero-order valence-electron chi connectivity index (χ0n) is 16.5. The third-order valence-electron chi connectivity index (χ3n) is 5.47. The van der Waals surface area contributed by atoms with Crippen LogP contribution in [0.1, 0.15) is 43.7 Å². The van der Waals surface area contributed by atoms with E-state index in [1.165, 1.54) is 11.0 Å². The van der Waals surface area contributed by atoms with E-state index in [0.717, 1.165) is 31.2 Å². The molecule has 2 amide bonds. The lowest BCUT2D eigenvalue weighted by molar-refractivity contribution is -0.140. The maximum Gasteiger partial charge on any atom is 0.242 e. The SMILES string of the molecule is C[C@@H](C(=O)NC1CCCC1)N(Cc1ccccc1Cl)C(=O)Cc1ccccc1F. The molecule has 3 rings (SSSR count). The summed E-state index contributed by atoms with van der Waals surface area (Å²) >= 11 is 6.28. The first-order valence-electron chi connectivity index (χ1n) is 10.0. The Morgan fingerprint density at radius 1 is 1.10 bits per heavy atom. The van der Waals surface area contributed by atoms with E-state index in [-0.39, 0.29) is 30.8 Å². The summed E-state index contributed by atoms with van der Waals surface area (Å²) in [6.45, 7) is 1.90. The van der Waals surface area contributed by atoms with Crippen molar-refractivity contribution in [2.75, 3.05) is 0 Å². The Labute approximate surface area is 176 Å². The minimum atomic E-state index is -0.689. The molecular weight excluding hydrogens is 391 g/mol. The molecule has 0 bridgehead atoms. The van der Waals surface area contributed by atoms with E-state index < -0.39 is 11.9 Å². The second-order valence-corrected chi connectivity index (χ2v) is 7.95. The van der Waals surface area contributed by atoms with Crippen molar-refractivity contribution in [3.63, 3.8) is 0 Å². The summed E-state index contributed by atoms with van der Waals surface area (Å²) in [7, 11) is 0. The monoisotopic (exact) mass is 416 g/mol. The van der Waals surface area contributed by atoms with Crippen LogP contribution in [0, 0.1) is 5.82 Å². The van der Waals surface area contributed by atoms with Crippen molar-refractivity contribution in [1.29, 1.82) is 0 Å². The Hall–Kier alpha value is -2.40. The molecule has 1 aliphatic carbocycles. The van der Waals surface area contributed by atoms with Gasteiger partial charge in [0.1, 0.15) is 11.9 Å². The Morgan fingerprint density at radius 2 is 1.72 bits per heavy atom. The van der Waals surface area contributed by atoms with Crippen molar-refractivity contribution in [3.05, 3.63) is 70.5 Å². The highest BCUT2D eigenvalue weighted by molar-refractivity contribution is 6.31. The van der Waals surface area contributed by atoms with E-state index in [1.54, 1.807) is 31.2 Å². The maximum atomic E-state index is 14.1. The standard InChI is InChI=1S/C23H26ClFN2O2/c1-16(23(29)26-19-10-4-5-11-19)27(15-18-9-2-6-12-20(18)24)22(28)14-17-8-3-7-13-21(17)25/h2-3,6-9,12-13,16,19H,4-5,10-11,14-15H2,1H3,(H,26,29)/t16-/m0/s1. The van der Waals surface area contributed by atoms with Gasteiger partial charge in [-0.2, -0.15) is 0 Å². The van der Waals surface area contributed by atoms with Crippen molar-refractivity contribution in [2.24, 2.45) is 0 Å². The van der Waals surface area contributed by atoms with Gasteiger partial charge >= 0.3 is 0 Å². The molecule has 0 aromatic heterocycles. The molecule has 1 aliphatic rings. The molecule has 1 atom stereocenters. The van der Waals surface area contributed by atoms with Gasteiger partial charge in [-0.25, -0.2) is 4.39 Å². The fraction of sp³-hybridized carbons (Fsp3) is 0.391. The third kappa shape index (κ3) is 5.57. The summed E-state index contributed by atoms with van der Waals surface area (Å²) < 4.78 is 14.1. The van der Waals surface area contributed by atoms with Crippen LogP contribution in [0.4, 0.5) is 4.39 Å². The number of carbonyl (C=O) groups excluding carboxylic acids is 2. The summed E-state index contributed by atoms with van der Waals surface area (Å²) in [4.78, 5) is 27.4. The normalized spacial score (nSPS) is 15.1. The first-order valence-corrected chi connectivity index (χ1v) is 10.4. The van der Waals surface area contributed by atoms with Gasteiger partial charge in [0.05, 0.1) is 6.42 Å². The van der Waals surface area contributed by atoms with Gasteiger partial charge < -0.3 is 10.2 Å². The fourth-order valence-corrected chi connectivity index (χ4v) is 3.89. The van der Waals surface area contributed by atoms with Crippen LogP contribution in [0.2, 0.25) is 5.02 Å². The molecule has 0 aliphatic heterocycles. The van der Waals surface area contributed by atoms with E-state index in [9.17, 15) is 14.0 Å². The average Bonchev–Trinajstić information content (AvgIpc) is 3.21. The van der Waals surface area contributed by atoms with E-state index in [2.05, 4.69) is 5.32 Å². The Balaban J connectivity index is 1.80. The predicted molar refractivity (Wildman–Crippen MR) is 112 cm³/mol. The van der Waals surface area contributed by atoms with Gasteiger partial charge in [0.15, 0.2) is 0 Å². The molecule has 29 heavy (non-hydrogen) atoms. The summed E-state index contributed by atoms with van der Waals surface area (Å²) in [5.41, 5.74) is 1.06. The van der Waals surface area contributed by atoms with Gasteiger partial charge in [-0.1, -0.05) is 60.8 Å². The minimum Gasteiger partial charge on any atom is -0.352 e. The van der Waals surface area contributed by atoms with Crippen LogP contribution in [0.3, 0.4) is 0 Å². The van der Waals surface area contributed by atoms with Gasteiger partial charge in [0.2, 0.25) is 11.8 Å². The van der Waals surface area contributed by atoms with Gasteiger partial charge in [-0.3, -0.25) is 9.59 Å². The molecule has 1 fully saturated rings. The first kappa shape index (κ1) is 21.3. The smallest absolute Gasteiger partial charge is 0.242 e. The molecule has 4 nitrogen and oxygen atoms in total. The highest BCUT2D eigenvalue weighted by atomic mass is 35.5. The fourth-order valence-electron chi connectivity index (χ4n) is 3.69. The third-order valence-corrected chi connectivity index (χ3v) is 5.84. The molecule has 6 heteroatoms.